The lowest BCUT2D eigenvalue weighted by Crippen LogP contribution is -2.47. The molecule has 0 fully saturated rings. The number of hydrogen-bond acceptors (Lipinski definition) is 7. The summed E-state index contributed by atoms with van der Waals surface area (Å²) < 4.78 is 30.3. The van der Waals surface area contributed by atoms with E-state index in [1.54, 1.807) is 0 Å². The number of esters is 1. The molecule has 0 rings (SSSR count). The van der Waals surface area contributed by atoms with E-state index in [1.807, 2.05) is 33.3 Å². The molecule has 0 bridgehead atoms. The highest BCUT2D eigenvalue weighted by molar-refractivity contribution is 7.45. The zero-order valence-corrected chi connectivity index (χ0v) is 52.8. The van der Waals surface area contributed by atoms with E-state index in [1.165, 1.54) is 167 Å². The minimum atomic E-state index is -4.70. The van der Waals surface area contributed by atoms with Crippen LogP contribution >= 0.6 is 7.82 Å². The molecule has 78 heavy (non-hydrogen) atoms. The van der Waals surface area contributed by atoms with Crippen molar-refractivity contribution < 1.29 is 37.3 Å². The average molecular weight is 1110 g/mol. The van der Waals surface area contributed by atoms with Crippen LogP contribution in [0.25, 0.3) is 0 Å². The molecule has 9 nitrogen and oxygen atoms in total. The molecule has 454 valence electrons. The minimum Gasteiger partial charge on any atom is -0.756 e. The van der Waals surface area contributed by atoms with Crippen LogP contribution in [0, 0.1) is 0 Å². The molecule has 1 amide bonds. The summed E-state index contributed by atoms with van der Waals surface area (Å²) in [5.74, 6) is -0.547. The molecule has 0 spiro atoms. The van der Waals surface area contributed by atoms with Crippen LogP contribution in [0.2, 0.25) is 0 Å². The van der Waals surface area contributed by atoms with Gasteiger partial charge in [-0.3, -0.25) is 14.2 Å². The molecular weight excluding hydrogens is 988 g/mol. The Bertz CT molecular complexity index is 1570. The predicted octanol–water partition coefficient (Wildman–Crippen LogP) is 19.8. The first-order chi connectivity index (χ1) is 37.9. The number of likely N-dealkylation sites (N-methyl/N-ethyl adjacent to an activating group) is 1. The average Bonchev–Trinajstić information content (AvgIpc) is 3.40. The zero-order chi connectivity index (χ0) is 57.2. The molecule has 1 N–H and O–H groups in total. The Morgan fingerprint density at radius 2 is 0.821 bits per heavy atom. The van der Waals surface area contributed by atoms with Crippen molar-refractivity contribution in [3.8, 4) is 0 Å². The van der Waals surface area contributed by atoms with Crippen molar-refractivity contribution in [1.29, 1.82) is 0 Å². The van der Waals surface area contributed by atoms with Gasteiger partial charge in [0.25, 0.3) is 7.82 Å². The Morgan fingerprint density at radius 3 is 1.26 bits per heavy atom. The summed E-state index contributed by atoms with van der Waals surface area (Å²) in [5, 5.41) is 3.02. The van der Waals surface area contributed by atoms with Crippen LogP contribution in [0.5, 0.6) is 0 Å². The van der Waals surface area contributed by atoms with Gasteiger partial charge in [-0.1, -0.05) is 261 Å². The van der Waals surface area contributed by atoms with E-state index in [2.05, 4.69) is 86.8 Å². The number of phosphoric acid groups is 1. The fourth-order valence-corrected chi connectivity index (χ4v) is 10.1. The smallest absolute Gasteiger partial charge is 0.306 e. The molecule has 0 aromatic heterocycles. The molecule has 0 aromatic carbocycles. The normalized spacial score (nSPS) is 14.1. The van der Waals surface area contributed by atoms with Gasteiger partial charge in [-0.25, -0.2) is 0 Å². The number of nitrogens with zero attached hydrogens (tertiary/aromatic N) is 1. The fourth-order valence-electron chi connectivity index (χ4n) is 9.33. The van der Waals surface area contributed by atoms with Gasteiger partial charge < -0.3 is 28.5 Å². The minimum absolute atomic E-state index is 0.0253. The van der Waals surface area contributed by atoms with Gasteiger partial charge in [0.15, 0.2) is 0 Å². The lowest BCUT2D eigenvalue weighted by molar-refractivity contribution is -0.870. The first-order valence-corrected chi connectivity index (χ1v) is 34.2. The summed E-state index contributed by atoms with van der Waals surface area (Å²) in [6.45, 7) is 6.71. The lowest BCUT2D eigenvalue weighted by atomic mass is 10.0. The van der Waals surface area contributed by atoms with E-state index in [-0.39, 0.29) is 24.9 Å². The van der Waals surface area contributed by atoms with Crippen molar-refractivity contribution in [2.75, 3.05) is 40.9 Å². The highest BCUT2D eigenvalue weighted by Crippen LogP contribution is 2.38. The van der Waals surface area contributed by atoms with Crippen molar-refractivity contribution >= 4 is 19.7 Å². The van der Waals surface area contributed by atoms with E-state index in [0.29, 0.717) is 17.4 Å². The van der Waals surface area contributed by atoms with Gasteiger partial charge >= 0.3 is 5.97 Å². The van der Waals surface area contributed by atoms with Gasteiger partial charge in [-0.15, -0.1) is 0 Å². The van der Waals surface area contributed by atoms with Crippen LogP contribution in [0.3, 0.4) is 0 Å². The Hall–Kier alpha value is -2.55. The van der Waals surface area contributed by atoms with Crippen LogP contribution in [0.4, 0.5) is 0 Å². The Morgan fingerprint density at radius 1 is 0.462 bits per heavy atom. The molecule has 0 aliphatic rings. The Labute approximate surface area is 483 Å². The standard InChI is InChI=1S/C68H125N2O7P/c1-7-10-13-16-19-22-25-27-29-30-31-32-33-34-35-36-37-38-39-40-41-43-46-49-52-55-58-61-68(72)77-66(59-56-53-50-47-44-24-21-18-15-12-9-3)65(64-76-78(73,74)75-63-62-70(4,5)6)69-67(71)60-57-54-51-48-45-42-28-26-23-20-17-14-11-8-2/h11,14,19-20,22-23,27,29,31-32,56,59,65-66H,7-10,12-13,15-18,21,24-26,28,30,33-55,57-58,60-64H2,1-6H3,(H-,69,71,73,74)/b14-11+,22-19-,23-20+,29-27-,32-31-,59-56-. The van der Waals surface area contributed by atoms with Crippen molar-refractivity contribution in [3.63, 3.8) is 0 Å². The number of rotatable bonds is 59. The number of carbonyl (C=O) groups is 2. The molecule has 0 aliphatic carbocycles. The molecular formula is C68H125N2O7P. The summed E-state index contributed by atoms with van der Waals surface area (Å²) in [6.07, 6.45) is 74.5. The first-order valence-electron chi connectivity index (χ1n) is 32.7. The molecule has 0 aliphatic heterocycles. The first kappa shape index (κ1) is 75.5. The van der Waals surface area contributed by atoms with E-state index < -0.39 is 26.6 Å². The monoisotopic (exact) mass is 1110 g/mol. The summed E-state index contributed by atoms with van der Waals surface area (Å²) in [4.78, 5) is 40.0. The second kappa shape index (κ2) is 57.7. The summed E-state index contributed by atoms with van der Waals surface area (Å²) in [5.41, 5.74) is 0. The second-order valence-electron chi connectivity index (χ2n) is 23.2. The van der Waals surface area contributed by atoms with Crippen LogP contribution in [-0.4, -0.2) is 69.4 Å². The number of quaternary nitrogens is 1. The van der Waals surface area contributed by atoms with Crippen molar-refractivity contribution in [1.82, 2.24) is 5.32 Å². The third-order valence-electron chi connectivity index (χ3n) is 14.4. The van der Waals surface area contributed by atoms with Crippen LogP contribution < -0.4 is 10.2 Å². The summed E-state index contributed by atoms with van der Waals surface area (Å²) in [6, 6.07) is -0.893. The Kier molecular flexibility index (Phi) is 55.8. The molecule has 0 saturated carbocycles. The maximum atomic E-state index is 13.5. The topological polar surface area (TPSA) is 114 Å². The molecule has 0 radical (unpaired) electrons. The van der Waals surface area contributed by atoms with Crippen molar-refractivity contribution in [2.45, 2.75) is 309 Å². The molecule has 0 aromatic rings. The third kappa shape index (κ3) is 58.1. The van der Waals surface area contributed by atoms with E-state index in [9.17, 15) is 19.0 Å². The molecule has 0 heterocycles. The SMILES string of the molecule is CC/C=C/C/C=C/CCCCCCCCCC(=O)NC(COP(=O)([O-])OCC[N+](C)(C)C)C(/C=C\CCCCCCCCCCC)OC(=O)CCCCCCCCCCCCCCCC/C=C\C/C=C\C/C=C\CCCCC. The van der Waals surface area contributed by atoms with Gasteiger partial charge in [0.05, 0.1) is 33.8 Å². The number of unbranched alkanes of at least 4 members (excludes halogenated alkanes) is 33. The molecule has 0 saturated heterocycles. The summed E-state index contributed by atoms with van der Waals surface area (Å²) in [7, 11) is 1.18. The maximum Gasteiger partial charge on any atom is 0.306 e. The highest BCUT2D eigenvalue weighted by Gasteiger charge is 2.27. The van der Waals surface area contributed by atoms with E-state index in [4.69, 9.17) is 13.8 Å². The molecule has 3 unspecified atom stereocenters. The fraction of sp³-hybridized carbons (Fsp3) is 0.794. The van der Waals surface area contributed by atoms with Crippen molar-refractivity contribution in [2.24, 2.45) is 0 Å². The number of ether oxygens (including phenoxy) is 1. The molecule has 3 atom stereocenters. The number of amides is 1. The number of phosphoric ester groups is 1. The second-order valence-corrected chi connectivity index (χ2v) is 24.6. The Balaban J connectivity index is 5.00. The van der Waals surface area contributed by atoms with Crippen LogP contribution in [0.15, 0.2) is 72.9 Å². The third-order valence-corrected chi connectivity index (χ3v) is 15.3. The zero-order valence-electron chi connectivity index (χ0n) is 51.9. The van der Waals surface area contributed by atoms with Gasteiger partial charge in [0, 0.05) is 12.8 Å². The maximum absolute atomic E-state index is 13.5. The predicted molar refractivity (Wildman–Crippen MR) is 335 cm³/mol. The quantitative estimate of drug-likeness (QED) is 0.0212. The molecule has 10 heteroatoms. The van der Waals surface area contributed by atoms with Crippen LogP contribution in [0.1, 0.15) is 297 Å². The highest BCUT2D eigenvalue weighted by atomic mass is 31.2. The number of allylic oxidation sites excluding steroid dienone is 11. The summed E-state index contributed by atoms with van der Waals surface area (Å²) >= 11 is 0. The van der Waals surface area contributed by atoms with Crippen molar-refractivity contribution in [3.05, 3.63) is 72.9 Å². The number of nitrogens with one attached hydrogen (secondary N) is 1. The number of hydrogen-bond donors (Lipinski definition) is 1. The van der Waals surface area contributed by atoms with Gasteiger partial charge in [-0.2, -0.15) is 0 Å². The number of carbonyl (C=O) groups excluding carboxylic acids is 2. The van der Waals surface area contributed by atoms with Crippen LogP contribution in [-0.2, 0) is 27.9 Å². The van der Waals surface area contributed by atoms with E-state index >= 15 is 0 Å². The van der Waals surface area contributed by atoms with Gasteiger partial charge in [0.2, 0.25) is 5.91 Å². The van der Waals surface area contributed by atoms with Gasteiger partial charge in [-0.05, 0) is 96.0 Å². The lowest BCUT2D eigenvalue weighted by Gasteiger charge is -2.30. The largest absolute Gasteiger partial charge is 0.756 e. The van der Waals surface area contributed by atoms with Gasteiger partial charge in [0.1, 0.15) is 19.3 Å². The van der Waals surface area contributed by atoms with E-state index in [0.717, 1.165) is 96.3 Å².